The van der Waals surface area contributed by atoms with Crippen LogP contribution in [-0.4, -0.2) is 16.8 Å². The average molecular weight is 327 g/mol. The normalized spacial score (nSPS) is 19.9. The Morgan fingerprint density at radius 2 is 1.75 bits per heavy atom. The van der Waals surface area contributed by atoms with E-state index in [-0.39, 0.29) is 24.0 Å². The lowest BCUT2D eigenvalue weighted by Gasteiger charge is -2.18. The largest absolute Gasteiger partial charge is 1.00 e. The third-order valence-corrected chi connectivity index (χ3v) is 3.75. The number of nitrogens with zero attached hydrogens (tertiary/aromatic N) is 1. The predicted molar refractivity (Wildman–Crippen MR) is 63.0 cm³/mol. The second-order valence-electron chi connectivity index (χ2n) is 4.71. The van der Waals surface area contributed by atoms with E-state index in [0.29, 0.717) is 0 Å². The topological polar surface area (TPSA) is 3.01 Å². The van der Waals surface area contributed by atoms with Crippen molar-refractivity contribution in [3.8, 4) is 0 Å². The van der Waals surface area contributed by atoms with E-state index >= 15 is 0 Å². The van der Waals surface area contributed by atoms with Crippen molar-refractivity contribution in [1.82, 2.24) is 0 Å². The van der Waals surface area contributed by atoms with Gasteiger partial charge in [-0.1, -0.05) is 24.6 Å². The fraction of sp³-hybridized carbons (Fsp3) is 0.500. The smallest absolute Gasteiger partial charge is 0.208 e. The van der Waals surface area contributed by atoms with Crippen molar-refractivity contribution in [1.29, 1.82) is 0 Å². The molecule has 1 aromatic rings. The van der Waals surface area contributed by atoms with Gasteiger partial charge in [0.2, 0.25) is 5.69 Å². The van der Waals surface area contributed by atoms with Crippen LogP contribution in [0.3, 0.4) is 0 Å². The molecule has 0 aromatic heterocycles. The van der Waals surface area contributed by atoms with Crippen LogP contribution in [0, 0.1) is 0 Å². The Morgan fingerprint density at radius 3 is 2.56 bits per heavy atom. The van der Waals surface area contributed by atoms with Crippen molar-refractivity contribution in [2.45, 2.75) is 44.6 Å². The maximum atomic E-state index is 2.54. The molecule has 2 aliphatic rings. The quantitative estimate of drug-likeness (QED) is 0.515. The first kappa shape index (κ1) is 12.1. The molecule has 2 heteroatoms. The van der Waals surface area contributed by atoms with Crippen molar-refractivity contribution in [2.24, 2.45) is 0 Å². The second kappa shape index (κ2) is 5.30. The molecule has 3 rings (SSSR count). The monoisotopic (exact) mass is 327 g/mol. The zero-order chi connectivity index (χ0) is 10.1. The van der Waals surface area contributed by atoms with Crippen LogP contribution in [-0.2, 0) is 6.42 Å². The standard InChI is InChI=1S/C14H18N.HI/c1-2-7-13(8-3-1)15-11-10-12-6-4-5-9-14(12)15;/h4-6,9,11,13H,1-3,7-8,10H2;1H/q+1;/p-1. The van der Waals surface area contributed by atoms with Gasteiger partial charge in [-0.25, -0.2) is 0 Å². The minimum atomic E-state index is 0. The molecule has 0 bridgehead atoms. The Balaban J connectivity index is 0.000000963. The Kier molecular flexibility index (Phi) is 4.00. The maximum absolute atomic E-state index is 2.54. The molecule has 1 fully saturated rings. The van der Waals surface area contributed by atoms with Gasteiger partial charge in [0.05, 0.1) is 6.42 Å². The predicted octanol–water partition coefficient (Wildman–Crippen LogP) is 0.294. The van der Waals surface area contributed by atoms with Crippen LogP contribution in [0.2, 0.25) is 0 Å². The third-order valence-electron chi connectivity index (χ3n) is 3.75. The highest BCUT2D eigenvalue weighted by atomic mass is 127. The van der Waals surface area contributed by atoms with E-state index in [1.165, 1.54) is 43.4 Å². The van der Waals surface area contributed by atoms with Crippen molar-refractivity contribution < 1.29 is 28.6 Å². The molecule has 1 aliphatic heterocycles. The molecule has 86 valence electrons. The Morgan fingerprint density at radius 1 is 1.00 bits per heavy atom. The summed E-state index contributed by atoms with van der Waals surface area (Å²) in [5.41, 5.74) is 2.97. The zero-order valence-corrected chi connectivity index (χ0v) is 11.7. The number of halogens is 1. The van der Waals surface area contributed by atoms with Gasteiger partial charge in [-0.15, -0.1) is 0 Å². The highest BCUT2D eigenvalue weighted by molar-refractivity contribution is 5.67. The van der Waals surface area contributed by atoms with Crippen LogP contribution >= 0.6 is 0 Å². The third kappa shape index (κ3) is 2.17. The number of hydrogen-bond donors (Lipinski definition) is 0. The molecule has 0 atom stereocenters. The van der Waals surface area contributed by atoms with Crippen LogP contribution < -0.4 is 24.0 Å². The minimum Gasteiger partial charge on any atom is -1.00 e. The van der Waals surface area contributed by atoms with Crippen molar-refractivity contribution in [3.63, 3.8) is 0 Å². The summed E-state index contributed by atoms with van der Waals surface area (Å²) in [6.45, 7) is 0. The lowest BCUT2D eigenvalue weighted by molar-refractivity contribution is -0.482. The van der Waals surface area contributed by atoms with E-state index in [1.54, 1.807) is 0 Å². The van der Waals surface area contributed by atoms with Crippen molar-refractivity contribution in [3.05, 3.63) is 29.8 Å². The minimum absolute atomic E-state index is 0. The van der Waals surface area contributed by atoms with Gasteiger partial charge in [0.1, 0.15) is 0 Å². The molecular weight excluding hydrogens is 309 g/mol. The van der Waals surface area contributed by atoms with Gasteiger partial charge in [-0.2, -0.15) is 4.58 Å². The van der Waals surface area contributed by atoms with Gasteiger partial charge < -0.3 is 24.0 Å². The van der Waals surface area contributed by atoms with Crippen LogP contribution in [0.1, 0.15) is 37.7 Å². The molecule has 1 aromatic carbocycles. The molecular formula is C14H18IN. The lowest BCUT2D eigenvalue weighted by atomic mass is 9.95. The summed E-state index contributed by atoms with van der Waals surface area (Å²) in [5, 5.41) is 0. The van der Waals surface area contributed by atoms with Crippen LogP contribution in [0.4, 0.5) is 5.69 Å². The summed E-state index contributed by atoms with van der Waals surface area (Å²) in [5.74, 6) is 0. The fourth-order valence-electron chi connectivity index (χ4n) is 2.94. The zero-order valence-electron chi connectivity index (χ0n) is 9.53. The molecule has 0 unspecified atom stereocenters. The number of benzene rings is 1. The second-order valence-corrected chi connectivity index (χ2v) is 4.71. The molecule has 1 aliphatic carbocycles. The summed E-state index contributed by atoms with van der Waals surface area (Å²) >= 11 is 0. The Hall–Kier alpha value is -0.380. The molecule has 0 spiro atoms. The molecule has 1 nitrogen and oxygen atoms in total. The molecule has 1 saturated carbocycles. The van der Waals surface area contributed by atoms with Crippen LogP contribution in [0.25, 0.3) is 0 Å². The van der Waals surface area contributed by atoms with Gasteiger partial charge in [-0.05, 0) is 12.8 Å². The molecule has 16 heavy (non-hydrogen) atoms. The van der Waals surface area contributed by atoms with E-state index in [9.17, 15) is 0 Å². The number of hydrogen-bond acceptors (Lipinski definition) is 0. The highest BCUT2D eigenvalue weighted by Crippen LogP contribution is 2.30. The number of para-hydroxylation sites is 1. The van der Waals surface area contributed by atoms with Gasteiger partial charge in [0, 0.05) is 24.5 Å². The summed E-state index contributed by atoms with van der Waals surface area (Å²) in [7, 11) is 0. The van der Waals surface area contributed by atoms with Gasteiger partial charge in [0.15, 0.2) is 12.3 Å². The number of rotatable bonds is 1. The molecule has 0 N–H and O–H groups in total. The molecule has 0 saturated heterocycles. The molecule has 1 heterocycles. The van der Waals surface area contributed by atoms with E-state index < -0.39 is 0 Å². The van der Waals surface area contributed by atoms with Gasteiger partial charge in [-0.3, -0.25) is 0 Å². The van der Waals surface area contributed by atoms with Crippen molar-refractivity contribution >= 4 is 11.9 Å². The fourth-order valence-corrected chi connectivity index (χ4v) is 2.94. The first-order chi connectivity index (χ1) is 7.45. The van der Waals surface area contributed by atoms with E-state index in [2.05, 4.69) is 35.1 Å². The Labute approximate surface area is 115 Å². The van der Waals surface area contributed by atoms with Crippen LogP contribution in [0.5, 0.6) is 0 Å². The molecule has 0 radical (unpaired) electrons. The lowest BCUT2D eigenvalue weighted by Crippen LogP contribution is -3.00. The summed E-state index contributed by atoms with van der Waals surface area (Å²) < 4.78 is 2.54. The SMILES string of the molecule is C1=[N+](C2CCCCC2)c2ccccc2C1.[I-]. The van der Waals surface area contributed by atoms with Gasteiger partial charge in [0.25, 0.3) is 0 Å². The average Bonchev–Trinajstić information content (AvgIpc) is 2.74. The Bertz CT molecular complexity index is 391. The van der Waals surface area contributed by atoms with Crippen LogP contribution in [0.15, 0.2) is 24.3 Å². The first-order valence-electron chi connectivity index (χ1n) is 6.15. The number of fused-ring (bicyclic) bond motifs is 1. The van der Waals surface area contributed by atoms with E-state index in [4.69, 9.17) is 0 Å². The highest BCUT2D eigenvalue weighted by Gasteiger charge is 2.29. The van der Waals surface area contributed by atoms with Gasteiger partial charge >= 0.3 is 0 Å². The van der Waals surface area contributed by atoms with Crippen molar-refractivity contribution in [2.75, 3.05) is 0 Å². The maximum Gasteiger partial charge on any atom is 0.208 e. The van der Waals surface area contributed by atoms with E-state index in [1.807, 2.05) is 0 Å². The first-order valence-corrected chi connectivity index (χ1v) is 6.15. The summed E-state index contributed by atoms with van der Waals surface area (Å²) in [6, 6.07) is 9.62. The summed E-state index contributed by atoms with van der Waals surface area (Å²) in [4.78, 5) is 0. The summed E-state index contributed by atoms with van der Waals surface area (Å²) in [6.07, 6.45) is 10.5. The van der Waals surface area contributed by atoms with E-state index in [0.717, 1.165) is 12.5 Å². The molecule has 0 amide bonds.